The molecule has 0 atom stereocenters. The third-order valence-corrected chi connectivity index (χ3v) is 2.81. The molecule has 0 unspecified atom stereocenters. The quantitative estimate of drug-likeness (QED) is 0.614. The highest BCUT2D eigenvalue weighted by atomic mass is 16.5. The lowest BCUT2D eigenvalue weighted by atomic mass is 9.98. The summed E-state index contributed by atoms with van der Waals surface area (Å²) in [6.45, 7) is 1.24. The van der Waals surface area contributed by atoms with Gasteiger partial charge in [0.25, 0.3) is 0 Å². The predicted molar refractivity (Wildman–Crippen MR) is 67.8 cm³/mol. The maximum absolute atomic E-state index is 11.6. The summed E-state index contributed by atoms with van der Waals surface area (Å²) in [5.74, 6) is 0.676. The predicted octanol–water partition coefficient (Wildman–Crippen LogP) is 0.151. The SMILES string of the molecule is COc1cccc(NC(=O)NCC2(O)CNC2)c1. The van der Waals surface area contributed by atoms with Crippen LogP contribution in [0.4, 0.5) is 10.5 Å². The number of benzene rings is 1. The highest BCUT2D eigenvalue weighted by Gasteiger charge is 2.34. The van der Waals surface area contributed by atoms with Crippen LogP contribution in [-0.4, -0.2) is 43.5 Å². The molecule has 4 N–H and O–H groups in total. The first-order valence-corrected chi connectivity index (χ1v) is 5.73. The molecule has 0 bridgehead atoms. The van der Waals surface area contributed by atoms with Crippen LogP contribution in [0.15, 0.2) is 24.3 Å². The summed E-state index contributed by atoms with van der Waals surface area (Å²) in [4.78, 5) is 11.6. The fraction of sp³-hybridized carbons (Fsp3) is 0.417. The average molecular weight is 251 g/mol. The van der Waals surface area contributed by atoms with Gasteiger partial charge in [-0.15, -0.1) is 0 Å². The number of urea groups is 1. The molecular formula is C12H17N3O3. The van der Waals surface area contributed by atoms with E-state index in [0.717, 1.165) is 0 Å². The molecule has 0 spiro atoms. The van der Waals surface area contributed by atoms with Crippen molar-refractivity contribution in [3.05, 3.63) is 24.3 Å². The van der Waals surface area contributed by atoms with E-state index in [-0.39, 0.29) is 12.6 Å². The number of rotatable bonds is 4. The zero-order chi connectivity index (χ0) is 13.0. The first-order chi connectivity index (χ1) is 8.61. The maximum Gasteiger partial charge on any atom is 0.319 e. The van der Waals surface area contributed by atoms with Gasteiger partial charge in [0.05, 0.1) is 13.7 Å². The van der Waals surface area contributed by atoms with Crippen molar-refractivity contribution in [3.63, 3.8) is 0 Å². The fourth-order valence-corrected chi connectivity index (χ4v) is 1.66. The second kappa shape index (κ2) is 5.24. The van der Waals surface area contributed by atoms with E-state index in [1.165, 1.54) is 0 Å². The summed E-state index contributed by atoms with van der Waals surface area (Å²) in [7, 11) is 1.57. The molecule has 1 fully saturated rings. The van der Waals surface area contributed by atoms with Gasteiger partial charge >= 0.3 is 6.03 Å². The maximum atomic E-state index is 11.6. The number of methoxy groups -OCH3 is 1. The highest BCUT2D eigenvalue weighted by Crippen LogP contribution is 2.16. The van der Waals surface area contributed by atoms with Crippen LogP contribution in [-0.2, 0) is 0 Å². The van der Waals surface area contributed by atoms with E-state index in [1.807, 2.05) is 0 Å². The van der Waals surface area contributed by atoms with Crippen LogP contribution in [0.2, 0.25) is 0 Å². The average Bonchev–Trinajstić information content (AvgIpc) is 2.34. The zero-order valence-corrected chi connectivity index (χ0v) is 10.2. The highest BCUT2D eigenvalue weighted by molar-refractivity contribution is 5.89. The van der Waals surface area contributed by atoms with E-state index in [9.17, 15) is 9.90 Å². The lowest BCUT2D eigenvalue weighted by molar-refractivity contribution is -0.00575. The monoisotopic (exact) mass is 251 g/mol. The van der Waals surface area contributed by atoms with Crippen molar-refractivity contribution in [1.29, 1.82) is 0 Å². The van der Waals surface area contributed by atoms with Gasteiger partial charge in [-0.3, -0.25) is 0 Å². The minimum absolute atomic E-state index is 0.232. The Labute approximate surface area is 105 Å². The number of hydrogen-bond acceptors (Lipinski definition) is 4. The van der Waals surface area contributed by atoms with E-state index in [4.69, 9.17) is 4.74 Å². The van der Waals surface area contributed by atoms with Crippen LogP contribution in [0.5, 0.6) is 5.75 Å². The fourth-order valence-electron chi connectivity index (χ4n) is 1.66. The molecule has 0 aromatic heterocycles. The molecule has 1 aromatic carbocycles. The lowest BCUT2D eigenvalue weighted by Gasteiger charge is -2.37. The van der Waals surface area contributed by atoms with Gasteiger partial charge in [0.1, 0.15) is 11.4 Å². The molecule has 2 amide bonds. The van der Waals surface area contributed by atoms with Gasteiger partial charge in [-0.25, -0.2) is 4.79 Å². The van der Waals surface area contributed by atoms with Gasteiger partial charge in [-0.1, -0.05) is 6.07 Å². The van der Waals surface area contributed by atoms with Crippen LogP contribution in [0, 0.1) is 0 Å². The van der Waals surface area contributed by atoms with Gasteiger partial charge in [0.15, 0.2) is 0 Å². The van der Waals surface area contributed by atoms with Gasteiger partial charge < -0.3 is 25.8 Å². The Morgan fingerprint density at radius 3 is 2.94 bits per heavy atom. The van der Waals surface area contributed by atoms with Crippen molar-refractivity contribution in [2.24, 2.45) is 0 Å². The molecule has 1 aliphatic heterocycles. The molecule has 1 aliphatic rings. The third kappa shape index (κ3) is 3.12. The molecule has 0 radical (unpaired) electrons. The smallest absolute Gasteiger partial charge is 0.319 e. The molecular weight excluding hydrogens is 234 g/mol. The Bertz CT molecular complexity index is 432. The second-order valence-corrected chi connectivity index (χ2v) is 4.37. The Hall–Kier alpha value is -1.79. The van der Waals surface area contributed by atoms with Crippen molar-refractivity contribution < 1.29 is 14.6 Å². The Morgan fingerprint density at radius 2 is 2.33 bits per heavy atom. The van der Waals surface area contributed by atoms with E-state index in [2.05, 4.69) is 16.0 Å². The van der Waals surface area contributed by atoms with Crippen molar-refractivity contribution in [1.82, 2.24) is 10.6 Å². The van der Waals surface area contributed by atoms with Crippen LogP contribution >= 0.6 is 0 Å². The largest absolute Gasteiger partial charge is 0.497 e. The van der Waals surface area contributed by atoms with Crippen molar-refractivity contribution in [2.75, 3.05) is 32.1 Å². The summed E-state index contributed by atoms with van der Waals surface area (Å²) in [6.07, 6.45) is 0. The van der Waals surface area contributed by atoms with Crippen LogP contribution in [0.1, 0.15) is 0 Å². The second-order valence-electron chi connectivity index (χ2n) is 4.37. The summed E-state index contributed by atoms with van der Waals surface area (Å²) in [5.41, 5.74) is -0.170. The van der Waals surface area contributed by atoms with Crippen molar-refractivity contribution in [2.45, 2.75) is 5.60 Å². The lowest BCUT2D eigenvalue weighted by Crippen LogP contribution is -2.64. The Morgan fingerprint density at radius 1 is 1.56 bits per heavy atom. The minimum atomic E-state index is -0.814. The molecule has 1 heterocycles. The molecule has 98 valence electrons. The summed E-state index contributed by atoms with van der Waals surface area (Å²) < 4.78 is 5.06. The normalized spacial score (nSPS) is 16.6. The molecule has 6 nitrogen and oxygen atoms in total. The molecule has 1 aromatic rings. The van der Waals surface area contributed by atoms with E-state index in [0.29, 0.717) is 24.5 Å². The Balaban J connectivity index is 1.82. The number of anilines is 1. The number of amides is 2. The van der Waals surface area contributed by atoms with Crippen LogP contribution in [0.25, 0.3) is 0 Å². The molecule has 0 saturated carbocycles. The molecule has 2 rings (SSSR count). The van der Waals surface area contributed by atoms with E-state index < -0.39 is 5.60 Å². The first kappa shape index (κ1) is 12.7. The standard InChI is InChI=1S/C12H17N3O3/c1-18-10-4-2-3-9(5-10)15-11(16)14-8-12(17)6-13-7-12/h2-5,13,17H,6-8H2,1H3,(H2,14,15,16). The number of carbonyl (C=O) groups excluding carboxylic acids is 1. The third-order valence-electron chi connectivity index (χ3n) is 2.81. The van der Waals surface area contributed by atoms with Crippen molar-refractivity contribution in [3.8, 4) is 5.75 Å². The number of nitrogens with one attached hydrogen (secondary N) is 3. The van der Waals surface area contributed by atoms with E-state index in [1.54, 1.807) is 31.4 Å². The molecule has 0 aliphatic carbocycles. The number of hydrogen-bond donors (Lipinski definition) is 4. The first-order valence-electron chi connectivity index (χ1n) is 5.73. The van der Waals surface area contributed by atoms with Crippen LogP contribution < -0.4 is 20.7 Å². The van der Waals surface area contributed by atoms with Gasteiger partial charge in [-0.05, 0) is 12.1 Å². The number of β-amino-alcohol motifs (C(OH)–C–C–N with tert-alkyl or cyclic N) is 1. The Kier molecular flexibility index (Phi) is 3.69. The topological polar surface area (TPSA) is 82.6 Å². The number of carbonyl (C=O) groups is 1. The zero-order valence-electron chi connectivity index (χ0n) is 10.2. The summed E-state index contributed by atoms with van der Waals surface area (Å²) in [6, 6.07) is 6.73. The van der Waals surface area contributed by atoms with Gasteiger partial charge in [0, 0.05) is 24.8 Å². The molecule has 6 heteroatoms. The summed E-state index contributed by atoms with van der Waals surface area (Å²) >= 11 is 0. The van der Waals surface area contributed by atoms with E-state index >= 15 is 0 Å². The summed E-state index contributed by atoms with van der Waals surface area (Å²) in [5, 5.41) is 18.0. The number of ether oxygens (including phenoxy) is 1. The minimum Gasteiger partial charge on any atom is -0.497 e. The molecule has 1 saturated heterocycles. The van der Waals surface area contributed by atoms with Crippen LogP contribution in [0.3, 0.4) is 0 Å². The van der Waals surface area contributed by atoms with Crippen molar-refractivity contribution >= 4 is 11.7 Å². The van der Waals surface area contributed by atoms with Gasteiger partial charge in [0.2, 0.25) is 0 Å². The van der Waals surface area contributed by atoms with Gasteiger partial charge in [-0.2, -0.15) is 0 Å². The molecule has 18 heavy (non-hydrogen) atoms. The number of aliphatic hydroxyl groups is 1.